The van der Waals surface area contributed by atoms with Crippen molar-refractivity contribution in [3.05, 3.63) is 0 Å². The summed E-state index contributed by atoms with van der Waals surface area (Å²) in [7, 11) is 0. The molecule has 0 heterocycles. The summed E-state index contributed by atoms with van der Waals surface area (Å²) in [5.74, 6) is -0.457. The smallest absolute Gasteiger partial charge is 0.295 e. The molecule has 2 rings (SSSR count). The average Bonchev–Trinajstić information content (AvgIpc) is 2.61. The number of halogens is 1. The summed E-state index contributed by atoms with van der Waals surface area (Å²) in [6.07, 6.45) is 4.62. The van der Waals surface area contributed by atoms with E-state index < -0.39 is 5.85 Å². The topological polar surface area (TPSA) is 26.3 Å². The van der Waals surface area contributed by atoms with Crippen LogP contribution in [-0.2, 0) is 9.53 Å². The predicted octanol–water partition coefficient (Wildman–Crippen LogP) is 2.92. The monoisotopic (exact) mass is 214 g/mol. The maximum absolute atomic E-state index is 14.2. The minimum atomic E-state index is -1.77. The van der Waals surface area contributed by atoms with Crippen molar-refractivity contribution in [1.82, 2.24) is 0 Å². The van der Waals surface area contributed by atoms with Gasteiger partial charge < -0.3 is 4.74 Å². The van der Waals surface area contributed by atoms with E-state index in [2.05, 4.69) is 11.7 Å². The fraction of sp³-hybridized carbons (Fsp3) is 0.917. The van der Waals surface area contributed by atoms with Gasteiger partial charge in [-0.05, 0) is 30.6 Å². The molecule has 2 fully saturated rings. The van der Waals surface area contributed by atoms with Gasteiger partial charge in [0.25, 0.3) is 12.3 Å². The number of ether oxygens (including phenoxy) is 1. The molecular weight excluding hydrogens is 195 g/mol. The lowest BCUT2D eigenvalue weighted by atomic mass is 9.83. The zero-order valence-corrected chi connectivity index (χ0v) is 9.41. The average molecular weight is 214 g/mol. The molecule has 5 atom stereocenters. The van der Waals surface area contributed by atoms with E-state index in [9.17, 15) is 9.18 Å². The fourth-order valence-corrected chi connectivity index (χ4v) is 3.94. The lowest BCUT2D eigenvalue weighted by Gasteiger charge is -2.32. The number of alkyl halides is 1. The van der Waals surface area contributed by atoms with E-state index in [0.29, 0.717) is 17.8 Å². The molecule has 0 spiro atoms. The van der Waals surface area contributed by atoms with Crippen molar-refractivity contribution >= 4 is 6.47 Å². The zero-order valence-electron chi connectivity index (χ0n) is 9.41. The van der Waals surface area contributed by atoms with Gasteiger partial charge in [-0.15, -0.1) is 0 Å². The van der Waals surface area contributed by atoms with Crippen molar-refractivity contribution < 1.29 is 13.9 Å². The Morgan fingerprint density at radius 3 is 2.87 bits per heavy atom. The summed E-state index contributed by atoms with van der Waals surface area (Å²) in [5, 5.41) is 0. The molecule has 0 amide bonds. The Morgan fingerprint density at radius 1 is 1.47 bits per heavy atom. The molecule has 0 N–H and O–H groups in total. The quantitative estimate of drug-likeness (QED) is 0.675. The number of hydrogen-bond donors (Lipinski definition) is 0. The molecule has 3 heteroatoms. The SMILES string of the molecule is CC1CC2CCCC2C1C(C)(F)OC=O. The number of carbonyl (C=O) groups is 1. The van der Waals surface area contributed by atoms with Gasteiger partial charge in [0.1, 0.15) is 0 Å². The van der Waals surface area contributed by atoms with Crippen molar-refractivity contribution in [1.29, 1.82) is 0 Å². The summed E-state index contributed by atoms with van der Waals surface area (Å²) in [5.41, 5.74) is 0. The maximum atomic E-state index is 14.2. The number of fused-ring (bicyclic) bond motifs is 1. The van der Waals surface area contributed by atoms with Crippen LogP contribution in [0.15, 0.2) is 0 Å². The largest absolute Gasteiger partial charge is 0.431 e. The first-order valence-corrected chi connectivity index (χ1v) is 5.86. The molecule has 0 aromatic carbocycles. The van der Waals surface area contributed by atoms with Crippen molar-refractivity contribution in [3.63, 3.8) is 0 Å². The first-order chi connectivity index (χ1) is 7.06. The minimum Gasteiger partial charge on any atom is -0.431 e. The van der Waals surface area contributed by atoms with Crippen LogP contribution in [0.4, 0.5) is 4.39 Å². The van der Waals surface area contributed by atoms with E-state index >= 15 is 0 Å². The van der Waals surface area contributed by atoms with E-state index in [4.69, 9.17) is 0 Å². The third-order valence-corrected chi connectivity index (χ3v) is 4.34. The minimum absolute atomic E-state index is 0.102. The van der Waals surface area contributed by atoms with Gasteiger partial charge in [0, 0.05) is 12.8 Å². The summed E-state index contributed by atoms with van der Waals surface area (Å²) in [6.45, 7) is 3.73. The Morgan fingerprint density at radius 2 is 2.20 bits per heavy atom. The lowest BCUT2D eigenvalue weighted by molar-refractivity contribution is -0.185. The van der Waals surface area contributed by atoms with Crippen molar-refractivity contribution in [3.8, 4) is 0 Å². The van der Waals surface area contributed by atoms with Gasteiger partial charge in [0.2, 0.25) is 0 Å². The number of hydrogen-bond acceptors (Lipinski definition) is 2. The molecule has 0 bridgehead atoms. The molecule has 2 nitrogen and oxygen atoms in total. The highest BCUT2D eigenvalue weighted by atomic mass is 19.2. The van der Waals surface area contributed by atoms with Gasteiger partial charge in [-0.2, -0.15) is 4.39 Å². The van der Waals surface area contributed by atoms with Gasteiger partial charge in [0.05, 0.1) is 0 Å². The maximum Gasteiger partial charge on any atom is 0.295 e. The second-order valence-electron chi connectivity index (χ2n) is 5.29. The van der Waals surface area contributed by atoms with Gasteiger partial charge in [-0.25, -0.2) is 0 Å². The Kier molecular flexibility index (Phi) is 2.73. The fourth-order valence-electron chi connectivity index (χ4n) is 3.94. The molecule has 86 valence electrons. The second kappa shape index (κ2) is 3.76. The van der Waals surface area contributed by atoms with Crippen LogP contribution in [-0.4, -0.2) is 12.3 Å². The van der Waals surface area contributed by atoms with E-state index in [0.717, 1.165) is 12.8 Å². The molecule has 5 unspecified atom stereocenters. The van der Waals surface area contributed by atoms with Gasteiger partial charge in [0.15, 0.2) is 0 Å². The molecule has 2 saturated carbocycles. The van der Waals surface area contributed by atoms with Crippen LogP contribution in [0.1, 0.15) is 39.5 Å². The standard InChI is InChI=1S/C12H19FO2/c1-8-6-9-4-3-5-10(9)11(8)12(2,13)15-7-14/h7-11H,3-6H2,1-2H3. The molecular formula is C12H19FO2. The Bertz CT molecular complexity index is 252. The van der Waals surface area contributed by atoms with Gasteiger partial charge in [-0.3, -0.25) is 4.79 Å². The Balaban J connectivity index is 2.15. The van der Waals surface area contributed by atoms with Crippen molar-refractivity contribution in [2.75, 3.05) is 0 Å². The molecule has 0 aromatic heterocycles. The predicted molar refractivity (Wildman–Crippen MR) is 54.8 cm³/mol. The normalized spacial score (nSPS) is 43.4. The molecule has 0 radical (unpaired) electrons. The van der Waals surface area contributed by atoms with Crippen LogP contribution in [0.3, 0.4) is 0 Å². The molecule has 0 aliphatic heterocycles. The van der Waals surface area contributed by atoms with Crippen molar-refractivity contribution in [2.24, 2.45) is 23.7 Å². The Hall–Kier alpha value is -0.600. The van der Waals surface area contributed by atoms with Crippen LogP contribution in [0.5, 0.6) is 0 Å². The van der Waals surface area contributed by atoms with E-state index in [-0.39, 0.29) is 12.4 Å². The van der Waals surface area contributed by atoms with E-state index in [1.54, 1.807) is 0 Å². The lowest BCUT2D eigenvalue weighted by Crippen LogP contribution is -2.38. The first kappa shape index (κ1) is 10.9. The summed E-state index contributed by atoms with van der Waals surface area (Å²) in [6, 6.07) is 0. The first-order valence-electron chi connectivity index (χ1n) is 5.86. The molecule has 15 heavy (non-hydrogen) atoms. The van der Waals surface area contributed by atoms with Crippen LogP contribution >= 0.6 is 0 Å². The second-order valence-corrected chi connectivity index (χ2v) is 5.29. The summed E-state index contributed by atoms with van der Waals surface area (Å²) >= 11 is 0. The molecule has 2 aliphatic carbocycles. The Labute approximate surface area is 90.2 Å². The molecule has 2 aliphatic rings. The number of carbonyl (C=O) groups excluding carboxylic acids is 1. The van der Waals surface area contributed by atoms with Crippen LogP contribution in [0.25, 0.3) is 0 Å². The van der Waals surface area contributed by atoms with E-state index in [1.807, 2.05) is 0 Å². The molecule has 0 saturated heterocycles. The van der Waals surface area contributed by atoms with Crippen LogP contribution in [0.2, 0.25) is 0 Å². The van der Waals surface area contributed by atoms with Crippen molar-refractivity contribution in [2.45, 2.75) is 45.4 Å². The zero-order chi connectivity index (χ0) is 11.1. The van der Waals surface area contributed by atoms with Gasteiger partial charge in [-0.1, -0.05) is 19.8 Å². The number of rotatable bonds is 3. The summed E-state index contributed by atoms with van der Waals surface area (Å²) < 4.78 is 18.9. The third-order valence-electron chi connectivity index (χ3n) is 4.34. The van der Waals surface area contributed by atoms with Gasteiger partial charge >= 0.3 is 0 Å². The molecule has 0 aromatic rings. The van der Waals surface area contributed by atoms with E-state index in [1.165, 1.54) is 19.8 Å². The highest BCUT2D eigenvalue weighted by molar-refractivity contribution is 5.38. The summed E-state index contributed by atoms with van der Waals surface area (Å²) in [4.78, 5) is 10.3. The third kappa shape index (κ3) is 1.77. The van der Waals surface area contributed by atoms with Crippen LogP contribution < -0.4 is 0 Å². The van der Waals surface area contributed by atoms with Crippen LogP contribution in [0, 0.1) is 23.7 Å². The highest BCUT2D eigenvalue weighted by Gasteiger charge is 2.53. The highest BCUT2D eigenvalue weighted by Crippen LogP contribution is 2.54.